The molecule has 5 heteroatoms. The Kier molecular flexibility index (Phi) is 3.88. The molecule has 2 N–H and O–H groups in total. The maximum Gasteiger partial charge on any atom is 0.211 e. The topological polar surface area (TPSA) is 71.8 Å². The van der Waals surface area contributed by atoms with Gasteiger partial charge in [-0.3, -0.25) is 4.79 Å². The van der Waals surface area contributed by atoms with Gasteiger partial charge in [-0.15, -0.1) is 0 Å². The molecule has 1 heterocycles. The van der Waals surface area contributed by atoms with Crippen molar-refractivity contribution in [3.8, 4) is 11.8 Å². The van der Waals surface area contributed by atoms with Crippen molar-refractivity contribution in [1.82, 2.24) is 4.57 Å². The lowest BCUT2D eigenvalue weighted by molar-refractivity contribution is 0.103. The zero-order valence-corrected chi connectivity index (χ0v) is 13.0. The molecule has 0 fully saturated rings. The Balaban J connectivity index is 2.17. The smallest absolute Gasteiger partial charge is 0.211 e. The molecule has 0 aliphatic rings. The molecule has 0 amide bonds. The predicted octanol–water partition coefficient (Wildman–Crippen LogP) is 3.61. The van der Waals surface area contributed by atoms with E-state index < -0.39 is 0 Å². The SMILES string of the molecule is Cc1ccc(C(=O)c2c(N)c(C#N)cn2-c2ccc(F)cc2)cc1. The van der Waals surface area contributed by atoms with Crippen LogP contribution in [0, 0.1) is 24.1 Å². The third-order valence-corrected chi connectivity index (χ3v) is 3.80. The summed E-state index contributed by atoms with van der Waals surface area (Å²) in [7, 11) is 0. The van der Waals surface area contributed by atoms with Gasteiger partial charge in [0.25, 0.3) is 0 Å². The van der Waals surface area contributed by atoms with Gasteiger partial charge >= 0.3 is 0 Å². The number of rotatable bonds is 3. The molecule has 0 aliphatic heterocycles. The van der Waals surface area contributed by atoms with Crippen molar-refractivity contribution in [2.45, 2.75) is 6.92 Å². The highest BCUT2D eigenvalue weighted by molar-refractivity contribution is 6.12. The standard InChI is InChI=1S/C19H14FN3O/c1-12-2-4-13(5-3-12)19(24)18-17(22)14(10-21)11-23(18)16-8-6-15(20)7-9-16/h2-9,11H,22H2,1H3. The summed E-state index contributed by atoms with van der Waals surface area (Å²) in [5.41, 5.74) is 8.59. The van der Waals surface area contributed by atoms with E-state index in [1.807, 2.05) is 25.1 Å². The maximum atomic E-state index is 13.2. The number of aromatic nitrogens is 1. The molecule has 118 valence electrons. The number of carbonyl (C=O) groups excluding carboxylic acids is 1. The van der Waals surface area contributed by atoms with Gasteiger partial charge in [0.1, 0.15) is 17.6 Å². The Hall–Kier alpha value is -3.39. The second-order valence-electron chi connectivity index (χ2n) is 5.46. The number of carbonyl (C=O) groups is 1. The molecule has 3 rings (SSSR count). The monoisotopic (exact) mass is 319 g/mol. The van der Waals surface area contributed by atoms with Crippen molar-refractivity contribution in [3.05, 3.63) is 82.9 Å². The summed E-state index contributed by atoms with van der Waals surface area (Å²) in [5, 5.41) is 9.22. The van der Waals surface area contributed by atoms with Crippen molar-refractivity contribution in [2.75, 3.05) is 5.73 Å². The Bertz CT molecular complexity index is 948. The first-order valence-corrected chi connectivity index (χ1v) is 7.29. The number of hydrogen-bond acceptors (Lipinski definition) is 3. The molecule has 24 heavy (non-hydrogen) atoms. The van der Waals surface area contributed by atoms with Crippen LogP contribution in [0.3, 0.4) is 0 Å². The quantitative estimate of drug-likeness (QED) is 0.750. The van der Waals surface area contributed by atoms with Crippen molar-refractivity contribution < 1.29 is 9.18 Å². The summed E-state index contributed by atoms with van der Waals surface area (Å²) in [5.74, 6) is -0.677. The van der Waals surface area contributed by atoms with Crippen LogP contribution < -0.4 is 5.73 Å². The zero-order chi connectivity index (χ0) is 17.3. The van der Waals surface area contributed by atoms with Gasteiger partial charge in [0, 0.05) is 17.4 Å². The minimum Gasteiger partial charge on any atom is -0.396 e. The summed E-state index contributed by atoms with van der Waals surface area (Å²) < 4.78 is 14.7. The Morgan fingerprint density at radius 3 is 2.33 bits per heavy atom. The third-order valence-electron chi connectivity index (χ3n) is 3.80. The molecule has 1 aromatic heterocycles. The fraction of sp³-hybridized carbons (Fsp3) is 0.0526. The van der Waals surface area contributed by atoms with Crippen LogP contribution >= 0.6 is 0 Å². The molecular weight excluding hydrogens is 305 g/mol. The number of hydrogen-bond donors (Lipinski definition) is 1. The average molecular weight is 319 g/mol. The summed E-state index contributed by atoms with van der Waals surface area (Å²) in [6.45, 7) is 1.93. The van der Waals surface area contributed by atoms with Crippen LogP contribution in [-0.2, 0) is 0 Å². The normalized spacial score (nSPS) is 10.4. The highest BCUT2D eigenvalue weighted by Gasteiger charge is 2.22. The fourth-order valence-electron chi connectivity index (χ4n) is 2.49. The number of nitrogens with two attached hydrogens (primary N) is 1. The van der Waals surface area contributed by atoms with Gasteiger partial charge in [-0.25, -0.2) is 4.39 Å². The lowest BCUT2D eigenvalue weighted by atomic mass is 10.0. The largest absolute Gasteiger partial charge is 0.396 e. The number of ketones is 1. The Morgan fingerprint density at radius 2 is 1.75 bits per heavy atom. The average Bonchev–Trinajstić information content (AvgIpc) is 2.92. The van der Waals surface area contributed by atoms with Gasteiger partial charge in [-0.2, -0.15) is 5.26 Å². The number of nitrogens with zero attached hydrogens (tertiary/aromatic N) is 2. The highest BCUT2D eigenvalue weighted by Crippen LogP contribution is 2.26. The lowest BCUT2D eigenvalue weighted by Crippen LogP contribution is -2.11. The second-order valence-corrected chi connectivity index (χ2v) is 5.46. The first kappa shape index (κ1) is 15.5. The van der Waals surface area contributed by atoms with Crippen LogP contribution in [0.1, 0.15) is 27.2 Å². The molecule has 0 unspecified atom stereocenters. The van der Waals surface area contributed by atoms with Crippen molar-refractivity contribution >= 4 is 11.5 Å². The van der Waals surface area contributed by atoms with Gasteiger partial charge in [0.15, 0.2) is 0 Å². The van der Waals surface area contributed by atoms with E-state index in [0.717, 1.165) is 5.56 Å². The molecule has 0 saturated heterocycles. The van der Waals surface area contributed by atoms with Gasteiger partial charge in [-0.1, -0.05) is 29.8 Å². The summed E-state index contributed by atoms with van der Waals surface area (Å²) in [6.07, 6.45) is 1.49. The summed E-state index contributed by atoms with van der Waals surface area (Å²) in [4.78, 5) is 12.9. The third kappa shape index (κ3) is 2.66. The number of aryl methyl sites for hydroxylation is 1. The minimum atomic E-state index is -0.384. The molecule has 0 bridgehead atoms. The van der Waals surface area contributed by atoms with Gasteiger partial charge in [0.2, 0.25) is 5.78 Å². The van der Waals surface area contributed by atoms with Crippen molar-refractivity contribution in [1.29, 1.82) is 5.26 Å². The van der Waals surface area contributed by atoms with E-state index in [0.29, 0.717) is 11.3 Å². The van der Waals surface area contributed by atoms with E-state index in [9.17, 15) is 14.4 Å². The number of nitrogen functional groups attached to an aromatic ring is 1. The molecule has 3 aromatic rings. The van der Waals surface area contributed by atoms with Gasteiger partial charge in [0.05, 0.1) is 11.3 Å². The molecule has 0 saturated carbocycles. The van der Waals surface area contributed by atoms with Crippen LogP contribution in [0.2, 0.25) is 0 Å². The van der Waals surface area contributed by atoms with Crippen LogP contribution in [0.15, 0.2) is 54.7 Å². The number of benzene rings is 2. The fourth-order valence-corrected chi connectivity index (χ4v) is 2.49. The number of anilines is 1. The van der Waals surface area contributed by atoms with E-state index in [-0.39, 0.29) is 28.5 Å². The molecule has 0 spiro atoms. The molecule has 4 nitrogen and oxygen atoms in total. The number of halogens is 1. The summed E-state index contributed by atoms with van der Waals surface area (Å²) in [6, 6.07) is 14.7. The van der Waals surface area contributed by atoms with Crippen LogP contribution in [0.4, 0.5) is 10.1 Å². The zero-order valence-electron chi connectivity index (χ0n) is 13.0. The Morgan fingerprint density at radius 1 is 1.12 bits per heavy atom. The molecule has 0 radical (unpaired) electrons. The minimum absolute atomic E-state index is 0.118. The first-order valence-electron chi connectivity index (χ1n) is 7.29. The van der Waals surface area contributed by atoms with Gasteiger partial charge in [-0.05, 0) is 31.2 Å². The van der Waals surface area contributed by atoms with E-state index in [1.165, 1.54) is 35.0 Å². The van der Waals surface area contributed by atoms with E-state index >= 15 is 0 Å². The highest BCUT2D eigenvalue weighted by atomic mass is 19.1. The van der Waals surface area contributed by atoms with Crippen LogP contribution in [-0.4, -0.2) is 10.4 Å². The molecule has 0 atom stereocenters. The maximum absolute atomic E-state index is 13.2. The lowest BCUT2D eigenvalue weighted by Gasteiger charge is -2.09. The van der Waals surface area contributed by atoms with E-state index in [4.69, 9.17) is 5.73 Å². The molecule has 0 aliphatic carbocycles. The van der Waals surface area contributed by atoms with E-state index in [1.54, 1.807) is 12.1 Å². The first-order chi connectivity index (χ1) is 11.5. The molecule has 2 aromatic carbocycles. The number of nitriles is 1. The Labute approximate surface area is 138 Å². The van der Waals surface area contributed by atoms with E-state index in [2.05, 4.69) is 0 Å². The van der Waals surface area contributed by atoms with Crippen LogP contribution in [0.25, 0.3) is 5.69 Å². The second kappa shape index (κ2) is 6.01. The predicted molar refractivity (Wildman–Crippen MR) is 89.5 cm³/mol. The van der Waals surface area contributed by atoms with Crippen molar-refractivity contribution in [2.24, 2.45) is 0 Å². The van der Waals surface area contributed by atoms with Crippen molar-refractivity contribution in [3.63, 3.8) is 0 Å². The van der Waals surface area contributed by atoms with Gasteiger partial charge < -0.3 is 10.3 Å². The van der Waals surface area contributed by atoms with Crippen LogP contribution in [0.5, 0.6) is 0 Å². The summed E-state index contributed by atoms with van der Waals surface area (Å²) >= 11 is 0. The molecular formula is C19H14FN3O.